The molecule has 0 N–H and O–H groups in total. The molecular formula is C34H31F3N4O. The fraction of sp³-hybridized carbons (Fsp3) is 0.176. The number of aryl methyl sites for hydroxylation is 1. The van der Waals surface area contributed by atoms with Crippen LogP contribution in [-0.2, 0) is 13.1 Å². The molecule has 42 heavy (non-hydrogen) atoms. The molecular weight excluding hydrogens is 537 g/mol. The topological polar surface area (TPSA) is 44.9 Å². The van der Waals surface area contributed by atoms with Crippen molar-refractivity contribution in [2.45, 2.75) is 33.4 Å². The Bertz CT molecular complexity index is 1710. The van der Waals surface area contributed by atoms with Crippen molar-refractivity contribution in [3.8, 4) is 39.7 Å². The second kappa shape index (κ2) is 13.2. The van der Waals surface area contributed by atoms with Gasteiger partial charge >= 0.3 is 0 Å². The van der Waals surface area contributed by atoms with Crippen LogP contribution in [0.3, 0.4) is 0 Å². The van der Waals surface area contributed by atoms with Gasteiger partial charge in [0.05, 0.1) is 17.9 Å². The number of hydrogen-bond acceptors (Lipinski definition) is 3. The summed E-state index contributed by atoms with van der Waals surface area (Å²) in [7, 11) is 0. The standard InChI is InChI=1S/C32H25F3N4O.C2H6/c33-24-11-12-25(30(19-24)40-18-4-16-38-14-1-2-15-38)23-9-7-22(8-10-23)20-39-17-13-28-29(21-39)37-32(36-28)26-5-3-6-27(34)31(26)35;1-2/h1-3,5-15,17,19,21H,4,16,18,20H2;1-2H3. The first-order valence-electron chi connectivity index (χ1n) is 13.9. The van der Waals surface area contributed by atoms with Crippen LogP contribution in [0.15, 0.2) is 104 Å². The van der Waals surface area contributed by atoms with E-state index >= 15 is 0 Å². The summed E-state index contributed by atoms with van der Waals surface area (Å²) < 4.78 is 51.9. The smallest absolute Gasteiger partial charge is 0.169 e. The summed E-state index contributed by atoms with van der Waals surface area (Å²) in [6.07, 6.45) is 8.51. The van der Waals surface area contributed by atoms with E-state index in [1.54, 1.807) is 12.1 Å². The number of imidazole rings is 1. The van der Waals surface area contributed by atoms with Crippen LogP contribution in [0.4, 0.5) is 13.2 Å². The Kier molecular flexibility index (Phi) is 9.02. The SMILES string of the molecule is CC.Fc1ccc(-c2ccc(Cn3ccc4nc(-c5cccc(F)c5F)nc-4c3)cc2)c(OCCCn2cccc2)c1. The normalized spacial score (nSPS) is 10.9. The molecule has 4 aromatic rings. The van der Waals surface area contributed by atoms with E-state index in [4.69, 9.17) is 4.74 Å². The quantitative estimate of drug-likeness (QED) is 0.164. The second-order valence-corrected chi connectivity index (χ2v) is 9.50. The zero-order valence-corrected chi connectivity index (χ0v) is 23.5. The van der Waals surface area contributed by atoms with Crippen molar-refractivity contribution in [3.05, 3.63) is 127 Å². The average Bonchev–Trinajstić information content (AvgIpc) is 3.68. The minimum absolute atomic E-state index is 0.0309. The van der Waals surface area contributed by atoms with E-state index in [0.29, 0.717) is 30.3 Å². The number of pyridine rings is 1. The number of hydrogen-bond donors (Lipinski definition) is 0. The third kappa shape index (κ3) is 6.54. The highest BCUT2D eigenvalue weighted by atomic mass is 19.2. The molecule has 0 atom stereocenters. The molecule has 2 aliphatic heterocycles. The number of fused-ring (bicyclic) bond motifs is 1. The van der Waals surface area contributed by atoms with Crippen LogP contribution in [0.25, 0.3) is 33.9 Å². The maximum Gasteiger partial charge on any atom is 0.169 e. The van der Waals surface area contributed by atoms with E-state index in [-0.39, 0.29) is 17.2 Å². The maximum absolute atomic E-state index is 14.2. The van der Waals surface area contributed by atoms with Crippen molar-refractivity contribution in [1.82, 2.24) is 19.1 Å². The zero-order valence-electron chi connectivity index (χ0n) is 23.5. The molecule has 0 aliphatic carbocycles. The van der Waals surface area contributed by atoms with E-state index in [1.807, 2.05) is 79.6 Å². The third-order valence-electron chi connectivity index (χ3n) is 6.68. The largest absolute Gasteiger partial charge is 0.493 e. The van der Waals surface area contributed by atoms with Gasteiger partial charge < -0.3 is 13.9 Å². The van der Waals surface area contributed by atoms with Gasteiger partial charge in [-0.3, -0.25) is 0 Å². The summed E-state index contributed by atoms with van der Waals surface area (Å²) >= 11 is 0. The van der Waals surface area contributed by atoms with Crippen molar-refractivity contribution in [3.63, 3.8) is 0 Å². The molecule has 0 saturated heterocycles. The molecule has 8 heteroatoms. The predicted octanol–water partition coefficient (Wildman–Crippen LogP) is 8.48. The van der Waals surface area contributed by atoms with Gasteiger partial charge in [-0.15, -0.1) is 0 Å². The van der Waals surface area contributed by atoms with Crippen molar-refractivity contribution in [1.29, 1.82) is 0 Å². The van der Waals surface area contributed by atoms with Gasteiger partial charge in [-0.05, 0) is 60.0 Å². The van der Waals surface area contributed by atoms with E-state index in [9.17, 15) is 13.2 Å². The van der Waals surface area contributed by atoms with E-state index in [2.05, 4.69) is 14.5 Å². The summed E-state index contributed by atoms with van der Waals surface area (Å²) in [5.74, 6) is -1.57. The molecule has 214 valence electrons. The molecule has 6 rings (SSSR count). The van der Waals surface area contributed by atoms with Crippen molar-refractivity contribution in [2.75, 3.05) is 6.61 Å². The van der Waals surface area contributed by atoms with Crippen LogP contribution in [0.5, 0.6) is 5.75 Å². The average molecular weight is 569 g/mol. The third-order valence-corrected chi connectivity index (χ3v) is 6.68. The van der Waals surface area contributed by atoms with Crippen LogP contribution in [0.2, 0.25) is 0 Å². The zero-order chi connectivity index (χ0) is 29.5. The molecule has 0 saturated carbocycles. The summed E-state index contributed by atoms with van der Waals surface area (Å²) in [5.41, 5.74) is 4.01. The van der Waals surface area contributed by atoms with Crippen molar-refractivity contribution in [2.24, 2.45) is 0 Å². The van der Waals surface area contributed by atoms with Gasteiger partial charge in [0.1, 0.15) is 17.3 Å². The molecule has 1 aromatic heterocycles. The van der Waals surface area contributed by atoms with Gasteiger partial charge in [0.25, 0.3) is 0 Å². The van der Waals surface area contributed by atoms with Gasteiger partial charge in [-0.2, -0.15) is 0 Å². The van der Waals surface area contributed by atoms with Gasteiger partial charge in [0.2, 0.25) is 0 Å². The first kappa shape index (κ1) is 28.7. The molecule has 0 amide bonds. The first-order chi connectivity index (χ1) is 20.5. The highest BCUT2D eigenvalue weighted by Gasteiger charge is 2.17. The number of nitrogens with zero attached hydrogens (tertiary/aromatic N) is 4. The highest BCUT2D eigenvalue weighted by molar-refractivity contribution is 5.71. The number of benzene rings is 3. The summed E-state index contributed by atoms with van der Waals surface area (Å²) in [5, 5.41) is 0. The van der Waals surface area contributed by atoms with Gasteiger partial charge in [-0.1, -0.05) is 44.2 Å². The van der Waals surface area contributed by atoms with Crippen LogP contribution in [0.1, 0.15) is 25.8 Å². The molecule has 0 unspecified atom stereocenters. The Morgan fingerprint density at radius 1 is 0.738 bits per heavy atom. The first-order valence-corrected chi connectivity index (χ1v) is 13.9. The van der Waals surface area contributed by atoms with E-state index in [1.165, 1.54) is 24.3 Å². The molecule has 0 fully saturated rings. The number of aromatic nitrogens is 4. The lowest BCUT2D eigenvalue weighted by molar-refractivity contribution is 0.301. The lowest BCUT2D eigenvalue weighted by Crippen LogP contribution is -2.04. The van der Waals surface area contributed by atoms with Crippen LogP contribution >= 0.6 is 0 Å². The Labute approximate surface area is 243 Å². The van der Waals surface area contributed by atoms with E-state index < -0.39 is 11.6 Å². The minimum Gasteiger partial charge on any atom is -0.493 e. The molecule has 3 heterocycles. The Hall–Kier alpha value is -4.85. The summed E-state index contributed by atoms with van der Waals surface area (Å²) in [6.45, 7) is 5.87. The lowest BCUT2D eigenvalue weighted by Gasteiger charge is -2.13. The Balaban J connectivity index is 0.00000173. The molecule has 2 aliphatic rings. The fourth-order valence-corrected chi connectivity index (χ4v) is 4.65. The van der Waals surface area contributed by atoms with Gasteiger partial charge in [-0.25, -0.2) is 23.1 Å². The molecule has 0 bridgehead atoms. The maximum atomic E-state index is 14.2. The fourth-order valence-electron chi connectivity index (χ4n) is 4.65. The molecule has 3 aromatic carbocycles. The van der Waals surface area contributed by atoms with Gasteiger partial charge in [0, 0.05) is 49.5 Å². The molecule has 0 radical (unpaired) electrons. The minimum atomic E-state index is -0.961. The van der Waals surface area contributed by atoms with E-state index in [0.717, 1.165) is 35.7 Å². The number of rotatable bonds is 9. The van der Waals surface area contributed by atoms with Crippen LogP contribution in [-0.4, -0.2) is 25.7 Å². The lowest BCUT2D eigenvalue weighted by atomic mass is 10.0. The van der Waals surface area contributed by atoms with Gasteiger partial charge in [0.15, 0.2) is 17.5 Å². The number of halogens is 3. The van der Waals surface area contributed by atoms with Crippen molar-refractivity contribution < 1.29 is 17.9 Å². The van der Waals surface area contributed by atoms with Crippen LogP contribution in [0, 0.1) is 17.5 Å². The second-order valence-electron chi connectivity index (χ2n) is 9.50. The molecule has 5 nitrogen and oxygen atoms in total. The molecule has 0 spiro atoms. The summed E-state index contributed by atoms with van der Waals surface area (Å²) in [4.78, 5) is 8.78. The monoisotopic (exact) mass is 568 g/mol. The van der Waals surface area contributed by atoms with Crippen molar-refractivity contribution >= 4 is 0 Å². The highest BCUT2D eigenvalue weighted by Crippen LogP contribution is 2.32. The predicted molar refractivity (Wildman–Crippen MR) is 159 cm³/mol. The Morgan fingerprint density at radius 2 is 1.50 bits per heavy atom. The number of ether oxygens (including phenoxy) is 1. The summed E-state index contributed by atoms with van der Waals surface area (Å²) in [6, 6.07) is 22.3. The Morgan fingerprint density at radius 3 is 2.29 bits per heavy atom. The van der Waals surface area contributed by atoms with Crippen LogP contribution < -0.4 is 4.74 Å².